The summed E-state index contributed by atoms with van der Waals surface area (Å²) < 4.78 is 18.5. The van der Waals surface area contributed by atoms with E-state index in [1.807, 2.05) is 0 Å². The van der Waals surface area contributed by atoms with Crippen molar-refractivity contribution in [3.8, 4) is 0 Å². The summed E-state index contributed by atoms with van der Waals surface area (Å²) in [6, 6.07) is 7.34. The van der Waals surface area contributed by atoms with Crippen LogP contribution in [0.15, 0.2) is 48.5 Å². The average molecular weight is 503 g/mol. The molecule has 12 heteroatoms. The summed E-state index contributed by atoms with van der Waals surface area (Å²) in [5.74, 6) is -5.37. The van der Waals surface area contributed by atoms with Crippen molar-refractivity contribution in [2.45, 2.75) is 44.7 Å². The molecule has 0 saturated heterocycles. The van der Waals surface area contributed by atoms with Gasteiger partial charge in [-0.15, -0.1) is 0 Å². The zero-order valence-electron chi connectivity index (χ0n) is 19.6. The summed E-state index contributed by atoms with van der Waals surface area (Å²) in [4.78, 5) is 59.6. The predicted molar refractivity (Wildman–Crippen MR) is 124 cm³/mol. The minimum Gasteiger partial charge on any atom is -0.480 e. The van der Waals surface area contributed by atoms with Gasteiger partial charge in [0.15, 0.2) is 0 Å². The molecule has 3 atom stereocenters. The normalized spacial score (nSPS) is 13.1. The molecule has 2 amide bonds. The number of esters is 1. The van der Waals surface area contributed by atoms with Crippen LogP contribution in [0.3, 0.4) is 0 Å². The van der Waals surface area contributed by atoms with Crippen LogP contribution in [0.1, 0.15) is 37.3 Å². The summed E-state index contributed by atoms with van der Waals surface area (Å²) in [7, 11) is 0. The van der Waals surface area contributed by atoms with Crippen LogP contribution in [-0.4, -0.2) is 52.5 Å². The molecule has 0 heterocycles. The second kappa shape index (κ2) is 12.9. The Balaban J connectivity index is 2.38. The van der Waals surface area contributed by atoms with Crippen LogP contribution in [0.25, 0.3) is 0 Å². The van der Waals surface area contributed by atoms with Gasteiger partial charge in [0.2, 0.25) is 11.8 Å². The van der Waals surface area contributed by atoms with Crippen LogP contribution in [0.4, 0.5) is 10.1 Å². The van der Waals surface area contributed by atoms with Crippen molar-refractivity contribution in [2.75, 3.05) is 6.61 Å². The van der Waals surface area contributed by atoms with Crippen molar-refractivity contribution in [3.05, 3.63) is 75.6 Å². The van der Waals surface area contributed by atoms with Crippen LogP contribution >= 0.6 is 0 Å². The SMILES string of the molecule is CCOC(=O)C[C@H](c1ccc([N+](=O)[O-])cc1)[C@@H](NC(=O)[C@@H](Cc1cccc(F)c1)NC(C)=O)C(=O)O. The molecule has 0 aliphatic rings. The van der Waals surface area contributed by atoms with E-state index in [4.69, 9.17) is 4.74 Å². The minimum atomic E-state index is -1.66. The molecule has 0 saturated carbocycles. The van der Waals surface area contributed by atoms with Gasteiger partial charge < -0.3 is 20.5 Å². The highest BCUT2D eigenvalue weighted by Gasteiger charge is 2.35. The largest absolute Gasteiger partial charge is 0.480 e. The van der Waals surface area contributed by atoms with Gasteiger partial charge in [-0.3, -0.25) is 24.5 Å². The third-order valence-electron chi connectivity index (χ3n) is 5.21. The van der Waals surface area contributed by atoms with Crippen molar-refractivity contribution in [3.63, 3.8) is 0 Å². The smallest absolute Gasteiger partial charge is 0.326 e. The number of rotatable bonds is 12. The van der Waals surface area contributed by atoms with Gasteiger partial charge in [0.1, 0.15) is 17.9 Å². The molecule has 192 valence electrons. The zero-order chi connectivity index (χ0) is 26.8. The Hall–Kier alpha value is -4.35. The monoisotopic (exact) mass is 503 g/mol. The number of hydrogen-bond donors (Lipinski definition) is 3. The van der Waals surface area contributed by atoms with Crippen molar-refractivity contribution < 1.29 is 38.3 Å². The maximum absolute atomic E-state index is 13.6. The molecule has 0 bridgehead atoms. The van der Waals surface area contributed by atoms with Gasteiger partial charge >= 0.3 is 11.9 Å². The molecule has 2 rings (SSSR count). The number of non-ortho nitro benzene ring substituents is 1. The van der Waals surface area contributed by atoms with E-state index in [9.17, 15) is 38.8 Å². The lowest BCUT2D eigenvalue weighted by atomic mass is 9.88. The second-order valence-electron chi connectivity index (χ2n) is 7.88. The lowest BCUT2D eigenvalue weighted by Crippen LogP contribution is -2.54. The number of aliphatic carboxylic acids is 1. The Labute approximate surface area is 205 Å². The Morgan fingerprint density at radius 1 is 1.11 bits per heavy atom. The van der Waals surface area contributed by atoms with Crippen LogP contribution in [0.2, 0.25) is 0 Å². The molecule has 0 aromatic heterocycles. The first kappa shape index (κ1) is 27.9. The van der Waals surface area contributed by atoms with E-state index < -0.39 is 58.9 Å². The first-order valence-corrected chi connectivity index (χ1v) is 11.0. The molecular weight excluding hydrogens is 477 g/mol. The van der Waals surface area contributed by atoms with Crippen molar-refractivity contribution in [2.24, 2.45) is 0 Å². The van der Waals surface area contributed by atoms with E-state index >= 15 is 0 Å². The summed E-state index contributed by atoms with van der Waals surface area (Å²) in [6.07, 6.45) is -0.576. The number of carbonyl (C=O) groups is 4. The fourth-order valence-corrected chi connectivity index (χ4v) is 3.61. The van der Waals surface area contributed by atoms with Gasteiger partial charge in [-0.1, -0.05) is 24.3 Å². The van der Waals surface area contributed by atoms with E-state index in [0.29, 0.717) is 5.56 Å². The summed E-state index contributed by atoms with van der Waals surface area (Å²) in [5, 5.41) is 25.7. The number of benzene rings is 2. The Kier molecular flexibility index (Phi) is 10.0. The molecule has 2 aromatic rings. The van der Waals surface area contributed by atoms with Gasteiger partial charge in [0.05, 0.1) is 18.0 Å². The van der Waals surface area contributed by atoms with Gasteiger partial charge in [-0.05, 0) is 30.2 Å². The molecule has 0 aliphatic heterocycles. The van der Waals surface area contributed by atoms with Crippen molar-refractivity contribution in [1.29, 1.82) is 0 Å². The molecular formula is C24H26FN3O8. The van der Waals surface area contributed by atoms with E-state index in [1.165, 1.54) is 37.3 Å². The summed E-state index contributed by atoms with van der Waals surface area (Å²) in [6.45, 7) is 2.77. The summed E-state index contributed by atoms with van der Waals surface area (Å²) >= 11 is 0. The summed E-state index contributed by atoms with van der Waals surface area (Å²) in [5.41, 5.74) is 0.377. The number of nitro groups is 1. The highest BCUT2D eigenvalue weighted by molar-refractivity contribution is 5.91. The van der Waals surface area contributed by atoms with E-state index in [-0.39, 0.29) is 24.3 Å². The number of nitro benzene ring substituents is 1. The quantitative estimate of drug-likeness (QED) is 0.225. The topological polar surface area (TPSA) is 165 Å². The third-order valence-corrected chi connectivity index (χ3v) is 5.21. The van der Waals surface area contributed by atoms with E-state index in [1.54, 1.807) is 13.0 Å². The Morgan fingerprint density at radius 2 is 1.78 bits per heavy atom. The molecule has 11 nitrogen and oxygen atoms in total. The maximum Gasteiger partial charge on any atom is 0.326 e. The van der Waals surface area contributed by atoms with Crippen LogP contribution in [-0.2, 0) is 30.3 Å². The van der Waals surface area contributed by atoms with Gasteiger partial charge in [-0.25, -0.2) is 9.18 Å². The molecule has 0 radical (unpaired) electrons. The third kappa shape index (κ3) is 8.15. The number of nitrogens with zero attached hydrogens (tertiary/aromatic N) is 1. The zero-order valence-corrected chi connectivity index (χ0v) is 19.6. The van der Waals surface area contributed by atoms with Gasteiger partial charge in [0, 0.05) is 31.4 Å². The number of amides is 2. The van der Waals surface area contributed by atoms with E-state index in [0.717, 1.165) is 12.1 Å². The molecule has 0 unspecified atom stereocenters. The van der Waals surface area contributed by atoms with Crippen LogP contribution in [0.5, 0.6) is 0 Å². The standard InChI is InChI=1S/C24H26FN3O8/c1-3-36-21(30)13-19(16-7-9-18(10-8-16)28(34)35)22(24(32)33)27-23(31)20(26-14(2)29)12-15-5-4-6-17(25)11-15/h4-11,19-20,22H,3,12-13H2,1-2H3,(H,26,29)(H,27,31)(H,32,33)/t19-,20-,22-/m1/s1. The molecule has 2 aromatic carbocycles. The number of ether oxygens (including phenoxy) is 1. The van der Waals surface area contributed by atoms with Gasteiger partial charge in [0.25, 0.3) is 5.69 Å². The number of carboxylic acid groups (broad SMARTS) is 1. The molecule has 0 aliphatic carbocycles. The van der Waals surface area contributed by atoms with Crippen molar-refractivity contribution >= 4 is 29.4 Å². The number of nitrogens with one attached hydrogen (secondary N) is 2. The lowest BCUT2D eigenvalue weighted by Gasteiger charge is -2.27. The highest BCUT2D eigenvalue weighted by atomic mass is 19.1. The number of hydrogen-bond acceptors (Lipinski definition) is 7. The Bertz CT molecular complexity index is 1120. The minimum absolute atomic E-state index is 0.0359. The first-order chi connectivity index (χ1) is 17.0. The maximum atomic E-state index is 13.6. The number of carboxylic acids is 1. The molecule has 0 fully saturated rings. The number of halogens is 1. The first-order valence-electron chi connectivity index (χ1n) is 11.0. The molecule has 36 heavy (non-hydrogen) atoms. The highest BCUT2D eigenvalue weighted by Crippen LogP contribution is 2.27. The predicted octanol–water partition coefficient (Wildman–Crippen LogP) is 2.09. The molecule has 3 N–H and O–H groups in total. The molecule has 0 spiro atoms. The Morgan fingerprint density at radius 3 is 2.31 bits per heavy atom. The average Bonchev–Trinajstić information content (AvgIpc) is 2.80. The number of carbonyl (C=O) groups excluding carboxylic acids is 3. The van der Waals surface area contributed by atoms with Gasteiger partial charge in [-0.2, -0.15) is 0 Å². The van der Waals surface area contributed by atoms with Crippen LogP contribution < -0.4 is 10.6 Å². The van der Waals surface area contributed by atoms with E-state index in [2.05, 4.69) is 10.6 Å². The van der Waals surface area contributed by atoms with Crippen molar-refractivity contribution in [1.82, 2.24) is 10.6 Å². The lowest BCUT2D eigenvalue weighted by molar-refractivity contribution is -0.384. The second-order valence-corrected chi connectivity index (χ2v) is 7.88. The van der Waals surface area contributed by atoms with Crippen LogP contribution in [0, 0.1) is 15.9 Å². The fraction of sp³-hybridized carbons (Fsp3) is 0.333. The fourth-order valence-electron chi connectivity index (χ4n) is 3.61.